The summed E-state index contributed by atoms with van der Waals surface area (Å²) in [5, 5.41) is 3.94. The van der Waals surface area contributed by atoms with E-state index in [2.05, 4.69) is 4.98 Å². The average molecular weight is 359 g/mol. The van der Waals surface area contributed by atoms with Crippen molar-refractivity contribution in [2.45, 2.75) is 19.3 Å². The van der Waals surface area contributed by atoms with Crippen LogP contribution in [0.3, 0.4) is 0 Å². The smallest absolute Gasteiger partial charge is 0.254 e. The number of aromatic nitrogens is 1. The summed E-state index contributed by atoms with van der Waals surface area (Å²) in [6.07, 6.45) is 3.61. The third-order valence-corrected chi connectivity index (χ3v) is 5.84. The Bertz CT molecular complexity index is 810. The average Bonchev–Trinajstić information content (AvgIpc) is 3.24. The van der Waals surface area contributed by atoms with Gasteiger partial charge < -0.3 is 9.80 Å². The highest BCUT2D eigenvalue weighted by molar-refractivity contribution is 7.08. The van der Waals surface area contributed by atoms with Crippen molar-refractivity contribution in [3.8, 4) is 0 Å². The van der Waals surface area contributed by atoms with Crippen LogP contribution in [0.15, 0.2) is 35.2 Å². The van der Waals surface area contributed by atoms with Crippen molar-refractivity contribution in [3.05, 3.63) is 46.7 Å². The predicted molar refractivity (Wildman–Crippen MR) is 93.1 cm³/mol. The number of pyridine rings is 1. The number of anilines is 1. The molecule has 130 valence electrons. The van der Waals surface area contributed by atoms with Crippen LogP contribution in [0, 0.1) is 11.4 Å². The SMILES string of the molecule is O=C(c1ccnc(F)c1)N1CCC[C@]2(CCN(c3ccsc3)C2=O)C1. The number of rotatable bonds is 2. The molecule has 2 aromatic heterocycles. The zero-order valence-corrected chi connectivity index (χ0v) is 14.5. The van der Waals surface area contributed by atoms with Gasteiger partial charge in [-0.15, -0.1) is 0 Å². The number of carbonyl (C=O) groups excluding carboxylic acids is 2. The third-order valence-electron chi connectivity index (χ3n) is 5.17. The number of likely N-dealkylation sites (tertiary alicyclic amines) is 1. The summed E-state index contributed by atoms with van der Waals surface area (Å²) in [5.41, 5.74) is 0.706. The second-order valence-corrected chi connectivity index (χ2v) is 7.45. The Hall–Kier alpha value is -2.28. The zero-order valence-electron chi connectivity index (χ0n) is 13.7. The van der Waals surface area contributed by atoms with Gasteiger partial charge in [0, 0.05) is 42.8 Å². The molecule has 0 aromatic carbocycles. The van der Waals surface area contributed by atoms with Crippen molar-refractivity contribution in [2.75, 3.05) is 24.5 Å². The molecule has 4 heterocycles. The molecule has 2 saturated heterocycles. The topological polar surface area (TPSA) is 53.5 Å². The molecule has 1 atom stereocenters. The fourth-order valence-corrected chi connectivity index (χ4v) is 4.52. The van der Waals surface area contributed by atoms with Gasteiger partial charge in [0.1, 0.15) is 0 Å². The first-order valence-electron chi connectivity index (χ1n) is 8.34. The van der Waals surface area contributed by atoms with Crippen LogP contribution >= 0.6 is 11.3 Å². The molecule has 2 aliphatic rings. The first-order valence-corrected chi connectivity index (χ1v) is 9.28. The van der Waals surface area contributed by atoms with Gasteiger partial charge in [0.15, 0.2) is 0 Å². The molecule has 7 heteroatoms. The van der Waals surface area contributed by atoms with E-state index in [4.69, 9.17) is 0 Å². The third kappa shape index (κ3) is 2.82. The van der Waals surface area contributed by atoms with Crippen LogP contribution in [0.2, 0.25) is 0 Å². The second kappa shape index (κ2) is 6.22. The lowest BCUT2D eigenvalue weighted by atomic mass is 9.78. The summed E-state index contributed by atoms with van der Waals surface area (Å²) < 4.78 is 13.3. The van der Waals surface area contributed by atoms with Crippen LogP contribution in [0.25, 0.3) is 0 Å². The zero-order chi connectivity index (χ0) is 17.4. The van der Waals surface area contributed by atoms with Gasteiger partial charge >= 0.3 is 0 Å². The van der Waals surface area contributed by atoms with E-state index in [0.717, 1.165) is 31.0 Å². The maximum Gasteiger partial charge on any atom is 0.254 e. The maximum atomic E-state index is 13.3. The number of carbonyl (C=O) groups is 2. The standard InChI is InChI=1S/C18H18FN3O2S/c19-15-10-13(2-6-20-15)16(23)21-7-1-4-18(12-21)5-8-22(17(18)24)14-3-9-25-11-14/h2-3,6,9-11H,1,4-5,7-8,12H2/t18-/m0/s1. The normalized spacial score (nSPS) is 23.5. The van der Waals surface area contributed by atoms with Crippen LogP contribution in [0.1, 0.15) is 29.6 Å². The Balaban J connectivity index is 1.55. The number of nitrogens with zero attached hydrogens (tertiary/aromatic N) is 3. The number of halogens is 1. The Labute approximate surface area is 149 Å². The molecule has 4 rings (SSSR count). The van der Waals surface area contributed by atoms with E-state index in [9.17, 15) is 14.0 Å². The molecule has 2 aliphatic heterocycles. The molecular weight excluding hydrogens is 341 g/mol. The molecule has 5 nitrogen and oxygen atoms in total. The van der Waals surface area contributed by atoms with Crippen molar-refractivity contribution in [1.29, 1.82) is 0 Å². The van der Waals surface area contributed by atoms with Crippen molar-refractivity contribution in [2.24, 2.45) is 5.41 Å². The first kappa shape index (κ1) is 16.2. The van der Waals surface area contributed by atoms with Gasteiger partial charge in [0.2, 0.25) is 11.9 Å². The summed E-state index contributed by atoms with van der Waals surface area (Å²) in [6, 6.07) is 4.62. The fourth-order valence-electron chi connectivity index (χ4n) is 3.88. The minimum atomic E-state index is -0.668. The van der Waals surface area contributed by atoms with Gasteiger partial charge in [0.05, 0.1) is 11.1 Å². The molecule has 25 heavy (non-hydrogen) atoms. The largest absolute Gasteiger partial charge is 0.338 e. The van der Waals surface area contributed by atoms with Crippen LogP contribution in [0.5, 0.6) is 0 Å². The Morgan fingerprint density at radius 3 is 2.92 bits per heavy atom. The number of amides is 2. The van der Waals surface area contributed by atoms with Crippen molar-refractivity contribution in [1.82, 2.24) is 9.88 Å². The second-order valence-electron chi connectivity index (χ2n) is 6.67. The van der Waals surface area contributed by atoms with E-state index in [0.29, 0.717) is 19.6 Å². The monoisotopic (exact) mass is 359 g/mol. The highest BCUT2D eigenvalue weighted by atomic mass is 32.1. The van der Waals surface area contributed by atoms with Crippen molar-refractivity contribution >= 4 is 28.8 Å². The quantitative estimate of drug-likeness (QED) is 0.775. The lowest BCUT2D eigenvalue weighted by Gasteiger charge is -2.39. The Morgan fingerprint density at radius 2 is 2.16 bits per heavy atom. The number of hydrogen-bond donors (Lipinski definition) is 0. The molecule has 2 fully saturated rings. The fraction of sp³-hybridized carbons (Fsp3) is 0.389. The number of hydrogen-bond acceptors (Lipinski definition) is 4. The summed E-state index contributed by atoms with van der Waals surface area (Å²) in [4.78, 5) is 32.8. The highest BCUT2D eigenvalue weighted by Gasteiger charge is 2.50. The first-order chi connectivity index (χ1) is 12.1. The lowest BCUT2D eigenvalue weighted by molar-refractivity contribution is -0.127. The van der Waals surface area contributed by atoms with Gasteiger partial charge in [-0.3, -0.25) is 9.59 Å². The van der Waals surface area contributed by atoms with Gasteiger partial charge in [-0.1, -0.05) is 0 Å². The lowest BCUT2D eigenvalue weighted by Crippen LogP contribution is -2.49. The maximum absolute atomic E-state index is 13.3. The Kier molecular flexibility index (Phi) is 4.03. The van der Waals surface area contributed by atoms with Crippen LogP contribution in [0.4, 0.5) is 10.1 Å². The molecule has 0 bridgehead atoms. The van der Waals surface area contributed by atoms with E-state index in [1.54, 1.807) is 16.2 Å². The van der Waals surface area contributed by atoms with Gasteiger partial charge in [0.25, 0.3) is 5.91 Å². The Morgan fingerprint density at radius 1 is 1.28 bits per heavy atom. The minimum absolute atomic E-state index is 0.101. The van der Waals surface area contributed by atoms with Crippen LogP contribution in [-0.4, -0.2) is 41.3 Å². The molecule has 0 N–H and O–H groups in total. The van der Waals surface area contributed by atoms with Gasteiger partial charge in [-0.2, -0.15) is 15.7 Å². The minimum Gasteiger partial charge on any atom is -0.338 e. The van der Waals surface area contributed by atoms with E-state index in [-0.39, 0.29) is 17.4 Å². The molecule has 1 spiro atoms. The van der Waals surface area contributed by atoms with E-state index < -0.39 is 11.4 Å². The summed E-state index contributed by atoms with van der Waals surface area (Å²) >= 11 is 1.57. The van der Waals surface area contributed by atoms with Crippen LogP contribution in [-0.2, 0) is 4.79 Å². The molecule has 2 amide bonds. The molecular formula is C18H18FN3O2S. The van der Waals surface area contributed by atoms with Gasteiger partial charge in [-0.05, 0) is 36.8 Å². The van der Waals surface area contributed by atoms with E-state index in [1.165, 1.54) is 12.3 Å². The van der Waals surface area contributed by atoms with Crippen molar-refractivity contribution < 1.29 is 14.0 Å². The molecule has 0 saturated carbocycles. The highest BCUT2D eigenvalue weighted by Crippen LogP contribution is 2.42. The summed E-state index contributed by atoms with van der Waals surface area (Å²) in [5.74, 6) is -0.801. The summed E-state index contributed by atoms with van der Waals surface area (Å²) in [7, 11) is 0. The molecule has 0 radical (unpaired) electrons. The molecule has 0 unspecified atom stereocenters. The van der Waals surface area contributed by atoms with Crippen LogP contribution < -0.4 is 4.90 Å². The molecule has 2 aromatic rings. The summed E-state index contributed by atoms with van der Waals surface area (Å²) in [6.45, 7) is 1.67. The molecule has 0 aliphatic carbocycles. The van der Waals surface area contributed by atoms with E-state index in [1.807, 2.05) is 21.7 Å². The van der Waals surface area contributed by atoms with E-state index >= 15 is 0 Å². The van der Waals surface area contributed by atoms with Crippen molar-refractivity contribution in [3.63, 3.8) is 0 Å². The van der Waals surface area contributed by atoms with Gasteiger partial charge in [-0.25, -0.2) is 4.98 Å². The number of piperidine rings is 1. The number of thiophene rings is 1. The predicted octanol–water partition coefficient (Wildman–Crippen LogP) is 2.94.